The lowest BCUT2D eigenvalue weighted by atomic mass is 10.0. The number of carbonyl (C=O) groups is 2. The third-order valence-corrected chi connectivity index (χ3v) is 3.39. The molecule has 3 heterocycles. The van der Waals surface area contributed by atoms with Crippen molar-refractivity contribution in [3.63, 3.8) is 0 Å². The maximum atomic E-state index is 12.1. The molecule has 3 N–H and O–H groups in total. The van der Waals surface area contributed by atoms with Gasteiger partial charge in [0.25, 0.3) is 11.8 Å². The Morgan fingerprint density at radius 1 is 1.57 bits per heavy atom. The monoisotopic (exact) mass is 293 g/mol. The number of aromatic nitrogens is 1. The Balaban J connectivity index is 1.67. The largest absolute Gasteiger partial charge is 0.466 e. The number of nitrogens with zero attached hydrogens (tertiary/aromatic N) is 1. The zero-order chi connectivity index (χ0) is 14.9. The molecule has 0 spiro atoms. The highest BCUT2D eigenvalue weighted by molar-refractivity contribution is 5.99. The highest BCUT2D eigenvalue weighted by Gasteiger charge is 2.32. The predicted molar refractivity (Wildman–Crippen MR) is 71.1 cm³/mol. The van der Waals surface area contributed by atoms with E-state index < -0.39 is 5.60 Å². The Morgan fingerprint density at radius 3 is 3.19 bits per heavy atom. The molecule has 1 fully saturated rings. The second kappa shape index (κ2) is 5.30. The summed E-state index contributed by atoms with van der Waals surface area (Å²) >= 11 is 0. The molecule has 21 heavy (non-hydrogen) atoms. The first kappa shape index (κ1) is 13.8. The summed E-state index contributed by atoms with van der Waals surface area (Å²) in [6.07, 6.45) is 1.85. The minimum Gasteiger partial charge on any atom is -0.466 e. The molecule has 0 aromatic carbocycles. The topological polar surface area (TPSA) is 110 Å². The van der Waals surface area contributed by atoms with E-state index in [9.17, 15) is 14.7 Å². The van der Waals surface area contributed by atoms with E-state index in [4.69, 9.17) is 9.47 Å². The molecule has 0 radical (unpaired) electrons. The standard InChI is InChI=1S/C13H15N3O5/c17-10-5-21-12-9(16-10)3-8(4-14-12)11(18)15-6-13(19)1-2-20-7-13/h3-4,19H,1-2,5-7H2,(H,15,18)(H,16,17). The number of hydrogen-bond acceptors (Lipinski definition) is 6. The average Bonchev–Trinajstić information content (AvgIpc) is 2.91. The molecule has 8 heteroatoms. The summed E-state index contributed by atoms with van der Waals surface area (Å²) in [7, 11) is 0. The third kappa shape index (κ3) is 2.96. The lowest BCUT2D eigenvalue weighted by molar-refractivity contribution is -0.118. The summed E-state index contributed by atoms with van der Waals surface area (Å²) in [6, 6.07) is 1.49. The third-order valence-electron chi connectivity index (χ3n) is 3.39. The number of nitrogens with one attached hydrogen (secondary N) is 2. The SMILES string of the molecule is O=C1COc2ncc(C(=O)NCC3(O)CCOC3)cc2N1. The van der Waals surface area contributed by atoms with Crippen molar-refractivity contribution in [2.45, 2.75) is 12.0 Å². The smallest absolute Gasteiger partial charge is 0.262 e. The minimum absolute atomic E-state index is 0.0847. The number of pyridine rings is 1. The summed E-state index contributed by atoms with van der Waals surface area (Å²) < 4.78 is 10.2. The van der Waals surface area contributed by atoms with Crippen molar-refractivity contribution in [2.24, 2.45) is 0 Å². The van der Waals surface area contributed by atoms with E-state index >= 15 is 0 Å². The van der Waals surface area contributed by atoms with Gasteiger partial charge in [0, 0.05) is 25.8 Å². The number of carbonyl (C=O) groups excluding carboxylic acids is 2. The van der Waals surface area contributed by atoms with Crippen molar-refractivity contribution >= 4 is 17.5 Å². The number of fused-ring (bicyclic) bond motifs is 1. The van der Waals surface area contributed by atoms with Gasteiger partial charge in [0.1, 0.15) is 11.3 Å². The van der Waals surface area contributed by atoms with Gasteiger partial charge in [-0.15, -0.1) is 0 Å². The Hall–Kier alpha value is -2.19. The van der Waals surface area contributed by atoms with Crippen molar-refractivity contribution in [3.8, 4) is 5.88 Å². The van der Waals surface area contributed by atoms with Crippen molar-refractivity contribution in [3.05, 3.63) is 17.8 Å². The molecule has 0 aliphatic carbocycles. The van der Waals surface area contributed by atoms with Gasteiger partial charge in [0.2, 0.25) is 5.88 Å². The van der Waals surface area contributed by atoms with Crippen LogP contribution in [0.25, 0.3) is 0 Å². The van der Waals surface area contributed by atoms with Crippen LogP contribution in [0, 0.1) is 0 Å². The van der Waals surface area contributed by atoms with Crippen LogP contribution >= 0.6 is 0 Å². The van der Waals surface area contributed by atoms with Crippen LogP contribution in [-0.4, -0.2) is 53.9 Å². The molecule has 0 bridgehead atoms. The number of aliphatic hydroxyl groups is 1. The molecular weight excluding hydrogens is 278 g/mol. The molecule has 1 aromatic heterocycles. The zero-order valence-electron chi connectivity index (χ0n) is 11.2. The normalized spacial score (nSPS) is 24.0. The van der Waals surface area contributed by atoms with Gasteiger partial charge < -0.3 is 25.2 Å². The van der Waals surface area contributed by atoms with Gasteiger partial charge in [-0.3, -0.25) is 9.59 Å². The highest BCUT2D eigenvalue weighted by atomic mass is 16.5. The van der Waals surface area contributed by atoms with E-state index in [0.29, 0.717) is 18.7 Å². The summed E-state index contributed by atoms with van der Waals surface area (Å²) in [5.41, 5.74) is -0.377. The molecular formula is C13H15N3O5. The lowest BCUT2D eigenvalue weighted by Gasteiger charge is -2.21. The molecule has 0 saturated carbocycles. The molecule has 1 aromatic rings. The van der Waals surface area contributed by atoms with Crippen LogP contribution in [0.1, 0.15) is 16.8 Å². The van der Waals surface area contributed by atoms with Crippen LogP contribution in [0.2, 0.25) is 0 Å². The fourth-order valence-electron chi connectivity index (χ4n) is 2.18. The number of anilines is 1. The van der Waals surface area contributed by atoms with E-state index in [1.165, 1.54) is 12.3 Å². The molecule has 2 amide bonds. The van der Waals surface area contributed by atoms with Gasteiger partial charge in [0.05, 0.1) is 12.2 Å². The molecule has 8 nitrogen and oxygen atoms in total. The Kier molecular flexibility index (Phi) is 3.48. The minimum atomic E-state index is -1.02. The van der Waals surface area contributed by atoms with Crippen LogP contribution < -0.4 is 15.4 Å². The Morgan fingerprint density at radius 2 is 2.43 bits per heavy atom. The molecule has 112 valence electrons. The van der Waals surface area contributed by atoms with Gasteiger partial charge in [-0.25, -0.2) is 4.98 Å². The Bertz CT molecular complexity index is 583. The number of ether oxygens (including phenoxy) is 2. The van der Waals surface area contributed by atoms with Crippen molar-refractivity contribution in [1.29, 1.82) is 0 Å². The second-order valence-electron chi connectivity index (χ2n) is 5.12. The fourth-order valence-corrected chi connectivity index (χ4v) is 2.18. The fraction of sp³-hybridized carbons (Fsp3) is 0.462. The lowest BCUT2D eigenvalue weighted by Crippen LogP contribution is -2.43. The van der Waals surface area contributed by atoms with Gasteiger partial charge >= 0.3 is 0 Å². The molecule has 2 aliphatic heterocycles. The van der Waals surface area contributed by atoms with Gasteiger partial charge in [-0.05, 0) is 6.07 Å². The summed E-state index contributed by atoms with van der Waals surface area (Å²) in [4.78, 5) is 27.3. The van der Waals surface area contributed by atoms with E-state index in [-0.39, 0.29) is 43.0 Å². The van der Waals surface area contributed by atoms with Crippen LogP contribution in [0.4, 0.5) is 5.69 Å². The molecule has 1 saturated heterocycles. The molecule has 2 aliphatic rings. The summed E-state index contributed by atoms with van der Waals surface area (Å²) in [6.45, 7) is 0.708. The maximum absolute atomic E-state index is 12.1. The van der Waals surface area contributed by atoms with Gasteiger partial charge in [-0.1, -0.05) is 0 Å². The number of hydrogen-bond donors (Lipinski definition) is 3. The predicted octanol–water partition coefficient (Wildman–Crippen LogP) is -0.706. The summed E-state index contributed by atoms with van der Waals surface area (Å²) in [5.74, 6) is -0.390. The summed E-state index contributed by atoms with van der Waals surface area (Å²) in [5, 5.41) is 15.3. The number of rotatable bonds is 3. The van der Waals surface area contributed by atoms with E-state index in [0.717, 1.165) is 0 Å². The average molecular weight is 293 g/mol. The van der Waals surface area contributed by atoms with Crippen LogP contribution in [0.5, 0.6) is 5.88 Å². The molecule has 1 unspecified atom stereocenters. The molecule has 3 rings (SSSR count). The van der Waals surface area contributed by atoms with Gasteiger partial charge in [-0.2, -0.15) is 0 Å². The first-order chi connectivity index (χ1) is 10.1. The quantitative estimate of drug-likeness (QED) is 0.679. The first-order valence-corrected chi connectivity index (χ1v) is 6.57. The van der Waals surface area contributed by atoms with E-state index in [1.807, 2.05) is 0 Å². The van der Waals surface area contributed by atoms with Crippen LogP contribution in [-0.2, 0) is 9.53 Å². The van der Waals surface area contributed by atoms with Crippen molar-refractivity contribution < 1.29 is 24.2 Å². The van der Waals surface area contributed by atoms with Crippen molar-refractivity contribution in [2.75, 3.05) is 31.7 Å². The van der Waals surface area contributed by atoms with Crippen molar-refractivity contribution in [1.82, 2.24) is 10.3 Å². The van der Waals surface area contributed by atoms with E-state index in [1.54, 1.807) is 0 Å². The molecule has 1 atom stereocenters. The Labute approximate surface area is 120 Å². The van der Waals surface area contributed by atoms with Gasteiger partial charge in [0.15, 0.2) is 6.61 Å². The maximum Gasteiger partial charge on any atom is 0.262 e. The second-order valence-corrected chi connectivity index (χ2v) is 5.12. The van der Waals surface area contributed by atoms with E-state index in [2.05, 4.69) is 15.6 Å². The number of amides is 2. The first-order valence-electron chi connectivity index (χ1n) is 6.57. The van der Waals surface area contributed by atoms with Crippen LogP contribution in [0.3, 0.4) is 0 Å². The van der Waals surface area contributed by atoms with Crippen LogP contribution in [0.15, 0.2) is 12.3 Å². The zero-order valence-corrected chi connectivity index (χ0v) is 11.2. The highest BCUT2D eigenvalue weighted by Crippen LogP contribution is 2.25.